The van der Waals surface area contributed by atoms with Crippen LogP contribution in [0.1, 0.15) is 25.0 Å². The molecule has 4 rings (SSSR count). The molecule has 0 fully saturated rings. The van der Waals surface area contributed by atoms with Crippen LogP contribution in [-0.4, -0.2) is 59.3 Å². The van der Waals surface area contributed by atoms with E-state index in [1.807, 2.05) is 50.2 Å². The molecule has 45 heavy (non-hydrogen) atoms. The number of ether oxygens (including phenoxy) is 4. The molecule has 240 valence electrons. The molecule has 2 unspecified atom stereocenters. The number of hydrogen-bond donors (Lipinski definition) is 2. The van der Waals surface area contributed by atoms with Gasteiger partial charge in [-0.3, -0.25) is 0 Å². The van der Waals surface area contributed by atoms with Crippen LogP contribution in [0.3, 0.4) is 0 Å². The second kappa shape index (κ2) is 16.0. The van der Waals surface area contributed by atoms with Gasteiger partial charge in [-0.05, 0) is 70.8 Å². The van der Waals surface area contributed by atoms with Crippen LogP contribution in [0.5, 0.6) is 11.5 Å². The lowest BCUT2D eigenvalue weighted by Crippen LogP contribution is -2.10. The number of hydrogen-bond acceptors (Lipinski definition) is 8. The fourth-order valence-electron chi connectivity index (χ4n) is 4.78. The zero-order valence-corrected chi connectivity index (χ0v) is 27.0. The molecule has 0 radical (unpaired) electrons. The van der Waals surface area contributed by atoms with Crippen LogP contribution in [0, 0.1) is 11.8 Å². The maximum absolute atomic E-state index is 13.5. The second-order valence-electron chi connectivity index (χ2n) is 11.2. The molecule has 0 heterocycles. The van der Waals surface area contributed by atoms with E-state index in [-0.39, 0.29) is 34.8 Å². The van der Waals surface area contributed by atoms with Crippen LogP contribution >= 0.6 is 0 Å². The van der Waals surface area contributed by atoms with Gasteiger partial charge in [0.15, 0.2) is 0 Å². The Hall–Kier alpha value is -3.73. The molecule has 4 aromatic carbocycles. The topological polar surface area (TPSA) is 112 Å². The van der Waals surface area contributed by atoms with Crippen molar-refractivity contribution >= 4 is 9.84 Å². The molecular formula is C36H42O8S. The molecule has 9 heteroatoms. The summed E-state index contributed by atoms with van der Waals surface area (Å²) in [5.74, 6) is 1.48. The summed E-state index contributed by atoms with van der Waals surface area (Å²) in [7, 11) is -0.532. The Labute approximate surface area is 266 Å². The average molecular weight is 635 g/mol. The van der Waals surface area contributed by atoms with E-state index in [1.165, 1.54) is 0 Å². The third kappa shape index (κ3) is 8.71. The molecule has 0 aliphatic carbocycles. The molecule has 0 aliphatic heterocycles. The zero-order chi connectivity index (χ0) is 32.4. The van der Waals surface area contributed by atoms with Gasteiger partial charge in [0.2, 0.25) is 9.84 Å². The van der Waals surface area contributed by atoms with Crippen LogP contribution in [0.25, 0.3) is 22.3 Å². The minimum Gasteiger partial charge on any atom is -0.496 e. The summed E-state index contributed by atoms with van der Waals surface area (Å²) in [6.45, 7) is 5.46. The summed E-state index contributed by atoms with van der Waals surface area (Å²) in [4.78, 5) is 0.407. The smallest absolute Gasteiger partial charge is 0.206 e. The van der Waals surface area contributed by atoms with E-state index in [1.54, 1.807) is 62.8 Å². The van der Waals surface area contributed by atoms with Crippen molar-refractivity contribution in [3.05, 3.63) is 96.1 Å². The first-order chi connectivity index (χ1) is 21.7. The fourth-order valence-corrected chi connectivity index (χ4v) is 6.04. The van der Waals surface area contributed by atoms with Gasteiger partial charge in [-0.25, -0.2) is 8.42 Å². The first-order valence-corrected chi connectivity index (χ1v) is 16.4. The lowest BCUT2D eigenvalue weighted by molar-refractivity contribution is 0.0685. The second-order valence-corrected chi connectivity index (χ2v) is 13.2. The lowest BCUT2D eigenvalue weighted by atomic mass is 10.0. The highest BCUT2D eigenvalue weighted by atomic mass is 32.2. The number of methoxy groups -OCH3 is 2. The number of benzene rings is 4. The van der Waals surface area contributed by atoms with Gasteiger partial charge in [0.05, 0.1) is 50.4 Å². The average Bonchev–Trinajstić information content (AvgIpc) is 3.08. The van der Waals surface area contributed by atoms with E-state index in [4.69, 9.17) is 18.9 Å². The third-order valence-corrected chi connectivity index (χ3v) is 9.29. The molecule has 0 saturated heterocycles. The molecule has 0 spiro atoms. The fraction of sp³-hybridized carbons (Fsp3) is 0.333. The van der Waals surface area contributed by atoms with E-state index in [0.717, 1.165) is 33.4 Å². The lowest BCUT2D eigenvalue weighted by Gasteiger charge is -2.14. The number of rotatable bonds is 16. The van der Waals surface area contributed by atoms with E-state index < -0.39 is 9.84 Å². The number of aliphatic hydroxyl groups excluding tert-OH is 2. The van der Waals surface area contributed by atoms with Gasteiger partial charge >= 0.3 is 0 Å². The van der Waals surface area contributed by atoms with Crippen LogP contribution < -0.4 is 9.47 Å². The van der Waals surface area contributed by atoms with Crippen LogP contribution in [0.4, 0.5) is 0 Å². The molecular weight excluding hydrogens is 592 g/mol. The summed E-state index contributed by atoms with van der Waals surface area (Å²) in [5, 5.41) is 18.5. The summed E-state index contributed by atoms with van der Waals surface area (Å²) < 4.78 is 49.5. The third-order valence-electron chi connectivity index (χ3n) is 7.50. The molecule has 0 bridgehead atoms. The Bertz CT molecular complexity index is 1520. The van der Waals surface area contributed by atoms with E-state index in [9.17, 15) is 18.6 Å². The standard InChI is InChI=1S/C36H42O8S/c1-25(19-37)21-43-23-31-17-29(9-15-35(31)41-3)27-5-11-33(12-6-27)45(39,40)34-13-7-28(8-14-34)30-10-16-36(42-4)32(18-30)24-44-22-26(2)20-38/h5-18,25-26,37-38H,19-24H2,1-4H3. The van der Waals surface area contributed by atoms with Gasteiger partial charge in [0.1, 0.15) is 11.5 Å². The molecule has 2 N–H and O–H groups in total. The molecule has 0 saturated carbocycles. The number of aliphatic hydroxyl groups is 2. The summed E-state index contributed by atoms with van der Waals surface area (Å²) in [6, 6.07) is 25.2. The molecule has 0 aromatic heterocycles. The zero-order valence-electron chi connectivity index (χ0n) is 26.2. The Balaban J connectivity index is 1.50. The predicted molar refractivity (Wildman–Crippen MR) is 174 cm³/mol. The SMILES string of the molecule is COc1ccc(-c2ccc(S(=O)(=O)c3ccc(-c4ccc(OC)c(COCC(C)CO)c4)cc3)cc2)cc1COCC(C)CO. The summed E-state index contributed by atoms with van der Waals surface area (Å²) in [6.07, 6.45) is 0. The highest BCUT2D eigenvalue weighted by molar-refractivity contribution is 7.91. The molecule has 4 aromatic rings. The van der Waals surface area contributed by atoms with Crippen molar-refractivity contribution in [3.8, 4) is 33.8 Å². The molecule has 2 atom stereocenters. The van der Waals surface area contributed by atoms with Crippen molar-refractivity contribution in [2.24, 2.45) is 11.8 Å². The monoisotopic (exact) mass is 634 g/mol. The van der Waals surface area contributed by atoms with Crippen molar-refractivity contribution in [1.29, 1.82) is 0 Å². The van der Waals surface area contributed by atoms with Gasteiger partial charge in [-0.2, -0.15) is 0 Å². The van der Waals surface area contributed by atoms with E-state index >= 15 is 0 Å². The van der Waals surface area contributed by atoms with Crippen molar-refractivity contribution in [1.82, 2.24) is 0 Å². The summed E-state index contributed by atoms with van der Waals surface area (Å²) >= 11 is 0. The molecule has 0 aliphatic rings. The minimum absolute atomic E-state index is 0.0394. The first kappa shape index (κ1) is 34.1. The van der Waals surface area contributed by atoms with Gasteiger partial charge in [-0.1, -0.05) is 50.2 Å². The first-order valence-electron chi connectivity index (χ1n) is 14.9. The maximum atomic E-state index is 13.5. The Morgan fingerprint density at radius 3 is 1.27 bits per heavy atom. The van der Waals surface area contributed by atoms with Gasteiger partial charge in [0.25, 0.3) is 0 Å². The maximum Gasteiger partial charge on any atom is 0.206 e. The van der Waals surface area contributed by atoms with Crippen LogP contribution in [0.2, 0.25) is 0 Å². The Kier molecular flexibility index (Phi) is 12.2. The van der Waals surface area contributed by atoms with Gasteiger partial charge in [0, 0.05) is 36.2 Å². The highest BCUT2D eigenvalue weighted by Crippen LogP contribution is 2.31. The predicted octanol–water partition coefficient (Wildman–Crippen LogP) is 6.16. The van der Waals surface area contributed by atoms with Crippen molar-refractivity contribution in [2.45, 2.75) is 36.9 Å². The van der Waals surface area contributed by atoms with Gasteiger partial charge in [-0.15, -0.1) is 0 Å². The minimum atomic E-state index is -3.74. The van der Waals surface area contributed by atoms with E-state index in [0.29, 0.717) is 37.9 Å². The highest BCUT2D eigenvalue weighted by Gasteiger charge is 2.18. The molecule has 0 amide bonds. The Morgan fingerprint density at radius 2 is 0.933 bits per heavy atom. The Morgan fingerprint density at radius 1 is 0.578 bits per heavy atom. The van der Waals surface area contributed by atoms with Gasteiger partial charge < -0.3 is 29.2 Å². The van der Waals surface area contributed by atoms with E-state index in [2.05, 4.69) is 0 Å². The van der Waals surface area contributed by atoms with Crippen molar-refractivity contribution in [3.63, 3.8) is 0 Å². The van der Waals surface area contributed by atoms with Crippen LogP contribution in [0.15, 0.2) is 94.7 Å². The van der Waals surface area contributed by atoms with Crippen molar-refractivity contribution < 1.29 is 37.6 Å². The number of sulfone groups is 1. The molecule has 8 nitrogen and oxygen atoms in total. The largest absolute Gasteiger partial charge is 0.496 e. The summed E-state index contributed by atoms with van der Waals surface area (Å²) in [5.41, 5.74) is 5.27. The normalized spacial score (nSPS) is 12.9. The van der Waals surface area contributed by atoms with Crippen LogP contribution in [-0.2, 0) is 32.5 Å². The quantitative estimate of drug-likeness (QED) is 0.151. The van der Waals surface area contributed by atoms with Crippen molar-refractivity contribution in [2.75, 3.05) is 40.6 Å².